The maximum Gasteiger partial charge on any atom is 0.227 e. The summed E-state index contributed by atoms with van der Waals surface area (Å²) < 4.78 is 0. The molecule has 0 spiro atoms. The second kappa shape index (κ2) is 8.76. The topological polar surface area (TPSA) is 44.4 Å². The Labute approximate surface area is 167 Å². The average Bonchev–Trinajstić information content (AvgIpc) is 2.97. The molecule has 2 heterocycles. The molecule has 1 atom stereocenters. The summed E-state index contributed by atoms with van der Waals surface area (Å²) in [5.74, 6) is 0.594. The van der Waals surface area contributed by atoms with Crippen LogP contribution in [0.2, 0.25) is 0 Å². The zero-order valence-electron chi connectivity index (χ0n) is 14.8. The van der Waals surface area contributed by atoms with Crippen LogP contribution in [-0.2, 0) is 11.2 Å². The molecule has 2 aromatic carbocycles. The SMILES string of the molecule is CC(C(=O)Nc1ccccc1N1CCc2ccccc21)C1CNC1.Cl.Cl. The first-order valence-electron chi connectivity index (χ1n) is 8.70. The summed E-state index contributed by atoms with van der Waals surface area (Å²) in [5, 5.41) is 6.40. The van der Waals surface area contributed by atoms with Crippen LogP contribution in [-0.4, -0.2) is 25.5 Å². The maximum absolute atomic E-state index is 12.6. The molecular formula is C20H25Cl2N3O. The number of hydrogen-bond donors (Lipinski definition) is 2. The molecule has 2 N–H and O–H groups in total. The van der Waals surface area contributed by atoms with Crippen molar-refractivity contribution in [1.29, 1.82) is 0 Å². The first-order chi connectivity index (χ1) is 11.7. The molecule has 0 aliphatic carbocycles. The molecule has 2 aromatic rings. The summed E-state index contributed by atoms with van der Waals surface area (Å²) in [4.78, 5) is 14.9. The van der Waals surface area contributed by atoms with E-state index in [9.17, 15) is 4.79 Å². The Balaban J connectivity index is 0.00000121. The molecule has 4 rings (SSSR count). The Morgan fingerprint density at radius 1 is 1.08 bits per heavy atom. The minimum absolute atomic E-state index is 0. The van der Waals surface area contributed by atoms with Crippen molar-refractivity contribution in [3.05, 3.63) is 54.1 Å². The van der Waals surface area contributed by atoms with Crippen LogP contribution in [0.4, 0.5) is 17.1 Å². The number of anilines is 3. The molecule has 1 saturated heterocycles. The van der Waals surface area contributed by atoms with Gasteiger partial charge in [-0.2, -0.15) is 0 Å². The van der Waals surface area contributed by atoms with Crippen LogP contribution in [0.1, 0.15) is 12.5 Å². The molecule has 0 bridgehead atoms. The fraction of sp³-hybridized carbons (Fsp3) is 0.350. The third-order valence-corrected chi connectivity index (χ3v) is 5.27. The predicted octanol–water partition coefficient (Wildman–Crippen LogP) is 4.02. The van der Waals surface area contributed by atoms with Gasteiger partial charge in [0.05, 0.1) is 11.4 Å². The third kappa shape index (κ3) is 3.83. The predicted molar refractivity (Wildman–Crippen MR) is 112 cm³/mol. The molecule has 26 heavy (non-hydrogen) atoms. The molecule has 6 heteroatoms. The highest BCUT2D eigenvalue weighted by Gasteiger charge is 2.29. The van der Waals surface area contributed by atoms with Crippen LogP contribution in [0.5, 0.6) is 0 Å². The van der Waals surface area contributed by atoms with E-state index in [1.165, 1.54) is 11.3 Å². The smallest absolute Gasteiger partial charge is 0.227 e. The molecule has 1 amide bonds. The van der Waals surface area contributed by atoms with Gasteiger partial charge in [0, 0.05) is 18.2 Å². The van der Waals surface area contributed by atoms with Crippen LogP contribution in [0.3, 0.4) is 0 Å². The van der Waals surface area contributed by atoms with Crippen molar-refractivity contribution in [2.75, 3.05) is 29.9 Å². The average molecular weight is 394 g/mol. The summed E-state index contributed by atoms with van der Waals surface area (Å²) in [6.45, 7) is 4.86. The molecule has 0 aromatic heterocycles. The van der Waals surface area contributed by atoms with Crippen LogP contribution in [0, 0.1) is 11.8 Å². The summed E-state index contributed by atoms with van der Waals surface area (Å²) in [6, 6.07) is 16.6. The van der Waals surface area contributed by atoms with Gasteiger partial charge >= 0.3 is 0 Å². The molecular weight excluding hydrogens is 369 g/mol. The molecule has 2 aliphatic heterocycles. The maximum atomic E-state index is 12.6. The van der Waals surface area contributed by atoms with E-state index in [0.717, 1.165) is 37.4 Å². The Morgan fingerprint density at radius 3 is 2.42 bits per heavy atom. The van der Waals surface area contributed by atoms with Gasteiger partial charge < -0.3 is 15.5 Å². The summed E-state index contributed by atoms with van der Waals surface area (Å²) in [6.07, 6.45) is 1.04. The van der Waals surface area contributed by atoms with Gasteiger partial charge in [-0.1, -0.05) is 37.3 Å². The van der Waals surface area contributed by atoms with E-state index in [-0.39, 0.29) is 36.6 Å². The quantitative estimate of drug-likeness (QED) is 0.824. The van der Waals surface area contributed by atoms with E-state index >= 15 is 0 Å². The van der Waals surface area contributed by atoms with E-state index in [1.54, 1.807) is 0 Å². The van der Waals surface area contributed by atoms with Crippen molar-refractivity contribution in [3.8, 4) is 0 Å². The first kappa shape index (κ1) is 20.6. The van der Waals surface area contributed by atoms with Gasteiger partial charge in [-0.15, -0.1) is 24.8 Å². The van der Waals surface area contributed by atoms with E-state index in [2.05, 4.69) is 45.9 Å². The Bertz CT molecular complexity index is 764. The number of carbonyl (C=O) groups is 1. The van der Waals surface area contributed by atoms with Crippen molar-refractivity contribution >= 4 is 47.8 Å². The van der Waals surface area contributed by atoms with Crippen molar-refractivity contribution < 1.29 is 4.79 Å². The van der Waals surface area contributed by atoms with Crippen molar-refractivity contribution in [2.24, 2.45) is 11.8 Å². The van der Waals surface area contributed by atoms with Gasteiger partial charge in [0.15, 0.2) is 0 Å². The zero-order valence-corrected chi connectivity index (χ0v) is 16.4. The number of carbonyl (C=O) groups excluding carboxylic acids is 1. The molecule has 1 fully saturated rings. The molecule has 0 saturated carbocycles. The van der Waals surface area contributed by atoms with Gasteiger partial charge in [-0.05, 0) is 49.2 Å². The van der Waals surface area contributed by atoms with Crippen molar-refractivity contribution in [1.82, 2.24) is 5.32 Å². The number of nitrogens with one attached hydrogen (secondary N) is 2. The van der Waals surface area contributed by atoms with Crippen LogP contribution < -0.4 is 15.5 Å². The summed E-state index contributed by atoms with van der Waals surface area (Å²) >= 11 is 0. The largest absolute Gasteiger partial charge is 0.339 e. The minimum Gasteiger partial charge on any atom is -0.339 e. The Kier molecular flexibility index (Phi) is 6.93. The highest BCUT2D eigenvalue weighted by atomic mass is 35.5. The number of benzene rings is 2. The zero-order chi connectivity index (χ0) is 16.5. The lowest BCUT2D eigenvalue weighted by molar-refractivity contribution is -0.121. The molecule has 2 aliphatic rings. The van der Waals surface area contributed by atoms with Crippen LogP contribution in [0.25, 0.3) is 0 Å². The number of rotatable bonds is 4. The summed E-state index contributed by atoms with van der Waals surface area (Å²) in [5.41, 5.74) is 4.59. The fourth-order valence-corrected chi connectivity index (χ4v) is 3.53. The number of fused-ring (bicyclic) bond motifs is 1. The monoisotopic (exact) mass is 393 g/mol. The standard InChI is InChI=1S/C20H23N3O.2ClH/c1-14(16-12-21-13-16)20(24)22-17-7-3-5-9-19(17)23-11-10-15-6-2-4-8-18(15)23;;/h2-9,14,16,21H,10-13H2,1H3,(H,22,24);2*1H. The molecule has 1 unspecified atom stereocenters. The summed E-state index contributed by atoms with van der Waals surface area (Å²) in [7, 11) is 0. The lowest BCUT2D eigenvalue weighted by Crippen LogP contribution is -2.48. The third-order valence-electron chi connectivity index (χ3n) is 5.27. The fourth-order valence-electron chi connectivity index (χ4n) is 3.53. The van der Waals surface area contributed by atoms with E-state index < -0.39 is 0 Å². The van der Waals surface area contributed by atoms with Crippen molar-refractivity contribution in [2.45, 2.75) is 13.3 Å². The van der Waals surface area contributed by atoms with Gasteiger partial charge in [-0.3, -0.25) is 4.79 Å². The highest BCUT2D eigenvalue weighted by Crippen LogP contribution is 2.38. The van der Waals surface area contributed by atoms with Crippen molar-refractivity contribution in [3.63, 3.8) is 0 Å². The normalized spacial score (nSPS) is 16.6. The molecule has 4 nitrogen and oxygen atoms in total. The molecule has 0 radical (unpaired) electrons. The number of nitrogens with zero attached hydrogens (tertiary/aromatic N) is 1. The number of halogens is 2. The van der Waals surface area contributed by atoms with Crippen LogP contribution >= 0.6 is 24.8 Å². The van der Waals surface area contributed by atoms with Crippen LogP contribution in [0.15, 0.2) is 48.5 Å². The second-order valence-electron chi connectivity index (χ2n) is 6.74. The van der Waals surface area contributed by atoms with Gasteiger partial charge in [0.25, 0.3) is 0 Å². The van der Waals surface area contributed by atoms with Gasteiger partial charge in [-0.25, -0.2) is 0 Å². The van der Waals surface area contributed by atoms with E-state index in [4.69, 9.17) is 0 Å². The Morgan fingerprint density at radius 2 is 1.73 bits per heavy atom. The lowest BCUT2D eigenvalue weighted by atomic mass is 9.88. The Hall–Kier alpha value is -1.75. The van der Waals surface area contributed by atoms with E-state index in [1.807, 2.05) is 25.1 Å². The first-order valence-corrected chi connectivity index (χ1v) is 8.70. The minimum atomic E-state index is 0. The molecule has 140 valence electrons. The van der Waals surface area contributed by atoms with Gasteiger partial charge in [0.1, 0.15) is 0 Å². The number of hydrogen-bond acceptors (Lipinski definition) is 3. The number of para-hydroxylation sites is 3. The number of amides is 1. The lowest BCUT2D eigenvalue weighted by Gasteiger charge is -2.32. The van der Waals surface area contributed by atoms with E-state index in [0.29, 0.717) is 5.92 Å². The van der Waals surface area contributed by atoms with Gasteiger partial charge in [0.2, 0.25) is 5.91 Å². The second-order valence-corrected chi connectivity index (χ2v) is 6.74. The highest BCUT2D eigenvalue weighted by molar-refractivity contribution is 5.97.